The Hall–Kier alpha value is -3.71. The molecule has 2 amide bonds. The molecule has 6 nitrogen and oxygen atoms in total. The zero-order valence-electron chi connectivity index (χ0n) is 18.7. The van der Waals surface area contributed by atoms with Gasteiger partial charge in [-0.25, -0.2) is 0 Å². The normalized spacial score (nSPS) is 12.7. The fourth-order valence-electron chi connectivity index (χ4n) is 4.23. The van der Waals surface area contributed by atoms with E-state index in [0.29, 0.717) is 28.6 Å². The molecule has 2 heterocycles. The SMILES string of the molecule is O=C(Cc1cc(-c2ccccc2)no1)Nc1sc2c(c1C(=O)NCc1ccccc1)CCCC2. The average molecular weight is 472 g/mol. The Labute approximate surface area is 202 Å². The van der Waals surface area contributed by atoms with Gasteiger partial charge in [-0.2, -0.15) is 0 Å². The molecular weight excluding hydrogens is 446 g/mol. The van der Waals surface area contributed by atoms with Crippen molar-refractivity contribution in [3.05, 3.63) is 94.1 Å². The third kappa shape index (κ3) is 4.94. The first-order valence-corrected chi connectivity index (χ1v) is 12.3. The van der Waals surface area contributed by atoms with Gasteiger partial charge < -0.3 is 15.2 Å². The van der Waals surface area contributed by atoms with Gasteiger partial charge in [0.15, 0.2) is 0 Å². The number of aryl methyl sites for hydroxylation is 1. The Balaban J connectivity index is 1.31. The summed E-state index contributed by atoms with van der Waals surface area (Å²) in [5.41, 5.74) is 4.33. The van der Waals surface area contributed by atoms with Gasteiger partial charge in [-0.3, -0.25) is 9.59 Å². The van der Waals surface area contributed by atoms with Crippen molar-refractivity contribution in [2.24, 2.45) is 0 Å². The van der Waals surface area contributed by atoms with E-state index in [1.807, 2.05) is 60.7 Å². The number of nitrogens with zero attached hydrogens (tertiary/aromatic N) is 1. The highest BCUT2D eigenvalue weighted by Crippen LogP contribution is 2.38. The van der Waals surface area contributed by atoms with Gasteiger partial charge >= 0.3 is 0 Å². The molecular formula is C27H25N3O3S. The van der Waals surface area contributed by atoms with E-state index in [-0.39, 0.29) is 18.2 Å². The van der Waals surface area contributed by atoms with Crippen LogP contribution in [-0.4, -0.2) is 17.0 Å². The van der Waals surface area contributed by atoms with E-state index in [1.165, 1.54) is 16.2 Å². The predicted molar refractivity (Wildman–Crippen MR) is 133 cm³/mol. The minimum Gasteiger partial charge on any atom is -0.360 e. The summed E-state index contributed by atoms with van der Waals surface area (Å²) in [4.78, 5) is 27.3. The molecule has 2 aromatic heterocycles. The lowest BCUT2D eigenvalue weighted by Gasteiger charge is -2.13. The van der Waals surface area contributed by atoms with E-state index in [4.69, 9.17) is 4.52 Å². The molecule has 7 heteroatoms. The first kappa shape index (κ1) is 22.1. The van der Waals surface area contributed by atoms with E-state index in [1.54, 1.807) is 6.07 Å². The minimum atomic E-state index is -0.230. The molecule has 0 atom stereocenters. The molecule has 172 valence electrons. The second kappa shape index (κ2) is 10.1. The molecule has 0 spiro atoms. The summed E-state index contributed by atoms with van der Waals surface area (Å²) >= 11 is 1.51. The Kier molecular flexibility index (Phi) is 6.53. The van der Waals surface area contributed by atoms with Gasteiger partial charge in [-0.15, -0.1) is 11.3 Å². The van der Waals surface area contributed by atoms with Crippen molar-refractivity contribution >= 4 is 28.2 Å². The Morgan fingerprint density at radius 3 is 2.50 bits per heavy atom. The van der Waals surface area contributed by atoms with Gasteiger partial charge in [-0.1, -0.05) is 65.8 Å². The van der Waals surface area contributed by atoms with Crippen molar-refractivity contribution in [3.63, 3.8) is 0 Å². The van der Waals surface area contributed by atoms with E-state index in [0.717, 1.165) is 42.4 Å². The molecule has 0 radical (unpaired) electrons. The summed E-state index contributed by atoms with van der Waals surface area (Å²) in [6.07, 6.45) is 4.01. The maximum Gasteiger partial charge on any atom is 0.254 e. The molecule has 0 bridgehead atoms. The number of nitrogens with one attached hydrogen (secondary N) is 2. The van der Waals surface area contributed by atoms with E-state index >= 15 is 0 Å². The zero-order chi connectivity index (χ0) is 23.3. The molecule has 4 aromatic rings. The number of aromatic nitrogens is 1. The van der Waals surface area contributed by atoms with Crippen LogP contribution in [0.4, 0.5) is 5.00 Å². The molecule has 34 heavy (non-hydrogen) atoms. The topological polar surface area (TPSA) is 84.2 Å². The smallest absolute Gasteiger partial charge is 0.254 e. The first-order chi connectivity index (χ1) is 16.7. The van der Waals surface area contributed by atoms with Crippen LogP contribution in [0.2, 0.25) is 0 Å². The maximum absolute atomic E-state index is 13.2. The lowest BCUT2D eigenvalue weighted by atomic mass is 9.95. The predicted octanol–water partition coefficient (Wildman–Crippen LogP) is 5.39. The molecule has 2 N–H and O–H groups in total. The number of anilines is 1. The van der Waals surface area contributed by atoms with Crippen molar-refractivity contribution < 1.29 is 14.1 Å². The van der Waals surface area contributed by atoms with Crippen LogP contribution < -0.4 is 10.6 Å². The molecule has 0 aliphatic heterocycles. The van der Waals surface area contributed by atoms with Crippen molar-refractivity contribution in [2.45, 2.75) is 38.6 Å². The Morgan fingerprint density at radius 2 is 1.71 bits per heavy atom. The largest absolute Gasteiger partial charge is 0.360 e. The maximum atomic E-state index is 13.2. The third-order valence-electron chi connectivity index (χ3n) is 5.91. The van der Waals surface area contributed by atoms with Crippen LogP contribution in [0.25, 0.3) is 11.3 Å². The summed E-state index contributed by atoms with van der Waals surface area (Å²) in [6.45, 7) is 0.442. The lowest BCUT2D eigenvalue weighted by molar-refractivity contribution is -0.115. The number of fused-ring (bicyclic) bond motifs is 1. The number of benzene rings is 2. The van der Waals surface area contributed by atoms with Crippen LogP contribution in [0.3, 0.4) is 0 Å². The van der Waals surface area contributed by atoms with Crippen molar-refractivity contribution in [1.29, 1.82) is 0 Å². The summed E-state index contributed by atoms with van der Waals surface area (Å²) in [7, 11) is 0. The Bertz CT molecular complexity index is 1300. The van der Waals surface area contributed by atoms with Crippen LogP contribution >= 0.6 is 11.3 Å². The molecule has 5 rings (SSSR count). The van der Waals surface area contributed by atoms with Gasteiger partial charge in [0.25, 0.3) is 5.91 Å². The summed E-state index contributed by atoms with van der Waals surface area (Å²) in [5.74, 6) is 0.101. The van der Waals surface area contributed by atoms with Gasteiger partial charge in [0, 0.05) is 23.1 Å². The number of hydrogen-bond donors (Lipinski definition) is 2. The highest BCUT2D eigenvalue weighted by molar-refractivity contribution is 7.17. The van der Waals surface area contributed by atoms with E-state index < -0.39 is 0 Å². The number of amides is 2. The summed E-state index contributed by atoms with van der Waals surface area (Å²) < 4.78 is 5.39. The van der Waals surface area contributed by atoms with Crippen LogP contribution in [0.15, 0.2) is 71.3 Å². The number of thiophene rings is 1. The monoisotopic (exact) mass is 471 g/mol. The molecule has 0 unspecified atom stereocenters. The fourth-order valence-corrected chi connectivity index (χ4v) is 5.53. The van der Waals surface area contributed by atoms with Crippen LogP contribution in [0, 0.1) is 0 Å². The molecule has 0 fully saturated rings. The first-order valence-electron chi connectivity index (χ1n) is 11.4. The second-order valence-corrected chi connectivity index (χ2v) is 9.46. The zero-order valence-corrected chi connectivity index (χ0v) is 19.5. The highest BCUT2D eigenvalue weighted by Gasteiger charge is 2.26. The lowest BCUT2D eigenvalue weighted by Crippen LogP contribution is -2.25. The molecule has 0 saturated heterocycles. The quantitative estimate of drug-likeness (QED) is 0.378. The number of hydrogen-bond acceptors (Lipinski definition) is 5. The van der Waals surface area contributed by atoms with Gasteiger partial charge in [0.2, 0.25) is 5.91 Å². The third-order valence-corrected chi connectivity index (χ3v) is 7.12. The van der Waals surface area contributed by atoms with Crippen molar-refractivity contribution in [2.75, 3.05) is 5.32 Å². The number of rotatable bonds is 7. The molecule has 1 aliphatic carbocycles. The Morgan fingerprint density at radius 1 is 0.971 bits per heavy atom. The van der Waals surface area contributed by atoms with Crippen LogP contribution in [-0.2, 0) is 30.6 Å². The van der Waals surface area contributed by atoms with Crippen molar-refractivity contribution in [1.82, 2.24) is 10.5 Å². The number of carbonyl (C=O) groups is 2. The molecule has 1 aliphatic rings. The number of carbonyl (C=O) groups excluding carboxylic acids is 2. The summed E-state index contributed by atoms with van der Waals surface area (Å²) in [6, 6.07) is 21.3. The van der Waals surface area contributed by atoms with Crippen LogP contribution in [0.1, 0.15) is 45.0 Å². The standard InChI is InChI=1S/C27H25N3O3S/c31-24(16-20-15-22(30-33-20)19-11-5-2-6-12-19)29-27-25(21-13-7-8-14-23(21)34-27)26(32)28-17-18-9-3-1-4-10-18/h1-6,9-12,15H,7-8,13-14,16-17H2,(H,28,32)(H,29,31). The van der Waals surface area contributed by atoms with Crippen LogP contribution in [0.5, 0.6) is 0 Å². The van der Waals surface area contributed by atoms with Gasteiger partial charge in [-0.05, 0) is 36.8 Å². The highest BCUT2D eigenvalue weighted by atomic mass is 32.1. The van der Waals surface area contributed by atoms with Gasteiger partial charge in [0.1, 0.15) is 16.5 Å². The summed E-state index contributed by atoms with van der Waals surface area (Å²) in [5, 5.41) is 10.7. The molecule has 0 saturated carbocycles. The average Bonchev–Trinajstić information content (AvgIpc) is 3.48. The minimum absolute atomic E-state index is 0.0491. The van der Waals surface area contributed by atoms with Gasteiger partial charge in [0.05, 0.1) is 12.0 Å². The second-order valence-electron chi connectivity index (χ2n) is 8.35. The van der Waals surface area contributed by atoms with E-state index in [2.05, 4.69) is 15.8 Å². The fraction of sp³-hybridized carbons (Fsp3) is 0.222. The molecule has 2 aromatic carbocycles. The van der Waals surface area contributed by atoms with E-state index in [9.17, 15) is 9.59 Å². The van der Waals surface area contributed by atoms with Crippen molar-refractivity contribution in [3.8, 4) is 11.3 Å².